The van der Waals surface area contributed by atoms with Crippen LogP contribution in [0.1, 0.15) is 6.92 Å². The summed E-state index contributed by atoms with van der Waals surface area (Å²) in [7, 11) is 0. The predicted molar refractivity (Wildman–Crippen MR) is 210 cm³/mol. The summed E-state index contributed by atoms with van der Waals surface area (Å²) >= 11 is 0. The van der Waals surface area contributed by atoms with Crippen LogP contribution in [0.4, 0.5) is 5.69 Å². The fourth-order valence-corrected chi connectivity index (χ4v) is 6.50. The summed E-state index contributed by atoms with van der Waals surface area (Å²) in [6.45, 7) is 2.00. The minimum absolute atomic E-state index is 0.688. The summed E-state index contributed by atoms with van der Waals surface area (Å²) < 4.78 is 2.34. The minimum Gasteiger partial charge on any atom is -0.309 e. The smallest absolute Gasteiger partial charge is 0.160 e. The second-order valence-electron chi connectivity index (χ2n) is 12.0. The minimum atomic E-state index is 0.688. The average Bonchev–Trinajstić information content (AvgIpc) is 3.52. The second kappa shape index (κ2) is 13.8. The maximum absolute atomic E-state index is 5.11. The molecule has 8 aromatic rings. The Balaban J connectivity index is 1.31. The molecule has 0 saturated carbocycles. The third-order valence-corrected chi connectivity index (χ3v) is 8.81. The summed E-state index contributed by atoms with van der Waals surface area (Å²) in [5, 5.41) is 2.32. The molecule has 0 aliphatic rings. The molecule has 50 heavy (non-hydrogen) atoms. The normalized spacial score (nSPS) is 11.9. The molecule has 0 amide bonds. The summed E-state index contributed by atoms with van der Waals surface area (Å²) in [5.74, 6) is 0.688. The molecule has 8 rings (SSSR count). The highest BCUT2D eigenvalue weighted by Crippen LogP contribution is 2.40. The van der Waals surface area contributed by atoms with Gasteiger partial charge in [0.15, 0.2) is 5.82 Å². The Morgan fingerprint density at radius 2 is 1.16 bits per heavy atom. The third-order valence-electron chi connectivity index (χ3n) is 8.81. The van der Waals surface area contributed by atoms with Gasteiger partial charge in [-0.1, -0.05) is 127 Å². The van der Waals surface area contributed by atoms with E-state index in [0.717, 1.165) is 67.0 Å². The number of para-hydroxylation sites is 1. The first-order chi connectivity index (χ1) is 24.8. The fraction of sp³-hybridized carbons (Fsp3) is 0.0217. The van der Waals surface area contributed by atoms with Gasteiger partial charge in [0, 0.05) is 39.4 Å². The average molecular weight is 643 g/mol. The highest BCUT2D eigenvalue weighted by Gasteiger charge is 2.18. The van der Waals surface area contributed by atoms with E-state index in [1.54, 1.807) is 0 Å². The number of aliphatic imine (C=N–C) groups is 1. The number of aromatic nitrogens is 3. The van der Waals surface area contributed by atoms with Gasteiger partial charge in [-0.25, -0.2) is 9.97 Å². The quantitative estimate of drug-likeness (QED) is 0.122. The van der Waals surface area contributed by atoms with Gasteiger partial charge in [-0.05, 0) is 72.7 Å². The molecule has 0 atom stereocenters. The molecule has 0 N–H and O–H groups in total. The molecule has 0 spiro atoms. The number of fused-ring (bicyclic) bond motifs is 3. The van der Waals surface area contributed by atoms with Crippen LogP contribution in [0.5, 0.6) is 0 Å². The molecule has 238 valence electrons. The first kappa shape index (κ1) is 30.7. The van der Waals surface area contributed by atoms with Crippen molar-refractivity contribution < 1.29 is 0 Å². The van der Waals surface area contributed by atoms with Crippen molar-refractivity contribution in [2.75, 3.05) is 0 Å². The summed E-state index contributed by atoms with van der Waals surface area (Å²) in [6, 6.07) is 54.9. The van der Waals surface area contributed by atoms with Gasteiger partial charge in [-0.15, -0.1) is 0 Å². The Morgan fingerprint density at radius 1 is 0.520 bits per heavy atom. The van der Waals surface area contributed by atoms with Crippen LogP contribution < -0.4 is 0 Å². The molecule has 0 aliphatic heterocycles. The molecular formula is C46H34N4. The molecule has 2 heterocycles. The number of benzene rings is 6. The second-order valence-corrected chi connectivity index (χ2v) is 12.0. The van der Waals surface area contributed by atoms with Gasteiger partial charge in [0.2, 0.25) is 0 Å². The van der Waals surface area contributed by atoms with E-state index in [9.17, 15) is 0 Å². The molecule has 0 radical (unpaired) electrons. The van der Waals surface area contributed by atoms with Crippen molar-refractivity contribution in [1.29, 1.82) is 0 Å². The Kier molecular flexibility index (Phi) is 8.49. The van der Waals surface area contributed by atoms with Crippen molar-refractivity contribution in [3.8, 4) is 50.7 Å². The highest BCUT2D eigenvalue weighted by molar-refractivity contribution is 6.16. The van der Waals surface area contributed by atoms with E-state index in [0.29, 0.717) is 5.82 Å². The lowest BCUT2D eigenvalue weighted by atomic mass is 9.97. The van der Waals surface area contributed by atoms with E-state index in [2.05, 4.69) is 126 Å². The SMILES string of the molecule is C\C=C/C=C\C=N\c1ccc2c(c1)c1c(-c3cccc(-c4nc(-c5ccccc5)cc(-c5ccccc5)n4)c3)cccc1n2-c1ccccc1. The van der Waals surface area contributed by atoms with Gasteiger partial charge in [0.05, 0.1) is 28.1 Å². The van der Waals surface area contributed by atoms with Crippen molar-refractivity contribution in [1.82, 2.24) is 14.5 Å². The zero-order valence-electron chi connectivity index (χ0n) is 27.7. The van der Waals surface area contributed by atoms with Crippen molar-refractivity contribution in [3.05, 3.63) is 182 Å². The number of nitrogens with zero attached hydrogens (tertiary/aromatic N) is 4. The number of hydrogen-bond donors (Lipinski definition) is 0. The van der Waals surface area contributed by atoms with E-state index >= 15 is 0 Å². The van der Waals surface area contributed by atoms with Crippen LogP contribution in [0.2, 0.25) is 0 Å². The lowest BCUT2D eigenvalue weighted by Gasteiger charge is -2.11. The fourth-order valence-electron chi connectivity index (χ4n) is 6.50. The topological polar surface area (TPSA) is 43.1 Å². The lowest BCUT2D eigenvalue weighted by molar-refractivity contribution is 1.18. The molecule has 4 nitrogen and oxygen atoms in total. The molecule has 0 saturated heterocycles. The first-order valence-corrected chi connectivity index (χ1v) is 16.8. The maximum Gasteiger partial charge on any atom is 0.160 e. The van der Waals surface area contributed by atoms with Crippen LogP contribution in [0.15, 0.2) is 187 Å². The van der Waals surface area contributed by atoms with Gasteiger partial charge >= 0.3 is 0 Å². The van der Waals surface area contributed by atoms with Crippen LogP contribution in [-0.2, 0) is 0 Å². The number of hydrogen-bond acceptors (Lipinski definition) is 3. The number of allylic oxidation sites excluding steroid dienone is 4. The predicted octanol–water partition coefficient (Wildman–Crippen LogP) is 12.1. The monoisotopic (exact) mass is 642 g/mol. The molecule has 0 aliphatic carbocycles. The molecule has 0 bridgehead atoms. The van der Waals surface area contributed by atoms with Gasteiger partial charge in [-0.2, -0.15) is 0 Å². The van der Waals surface area contributed by atoms with Crippen LogP contribution in [0.25, 0.3) is 72.5 Å². The zero-order chi connectivity index (χ0) is 33.7. The van der Waals surface area contributed by atoms with E-state index in [1.165, 1.54) is 5.39 Å². The van der Waals surface area contributed by atoms with E-state index in [4.69, 9.17) is 15.0 Å². The van der Waals surface area contributed by atoms with Gasteiger partial charge in [-0.3, -0.25) is 4.99 Å². The van der Waals surface area contributed by atoms with Crippen molar-refractivity contribution >= 4 is 33.7 Å². The Bertz CT molecular complexity index is 2470. The lowest BCUT2D eigenvalue weighted by Crippen LogP contribution is -1.96. The van der Waals surface area contributed by atoms with E-state index in [1.807, 2.05) is 73.8 Å². The van der Waals surface area contributed by atoms with Gasteiger partial charge < -0.3 is 4.57 Å². The third kappa shape index (κ3) is 6.07. The van der Waals surface area contributed by atoms with Crippen LogP contribution in [0.3, 0.4) is 0 Å². The maximum atomic E-state index is 5.11. The van der Waals surface area contributed by atoms with Crippen LogP contribution in [-0.4, -0.2) is 20.7 Å². The van der Waals surface area contributed by atoms with Crippen LogP contribution >= 0.6 is 0 Å². The summed E-state index contributed by atoms with van der Waals surface area (Å²) in [4.78, 5) is 15.0. The van der Waals surface area contributed by atoms with Crippen molar-refractivity contribution in [2.45, 2.75) is 6.92 Å². The van der Waals surface area contributed by atoms with Gasteiger partial charge in [0.25, 0.3) is 0 Å². The molecule has 0 unspecified atom stereocenters. The van der Waals surface area contributed by atoms with E-state index < -0.39 is 0 Å². The Hall–Kier alpha value is -6.65. The summed E-state index contributed by atoms with van der Waals surface area (Å²) in [6.07, 6.45) is 9.77. The molecule has 0 fully saturated rings. The zero-order valence-corrected chi connectivity index (χ0v) is 27.7. The Morgan fingerprint density at radius 3 is 1.86 bits per heavy atom. The van der Waals surface area contributed by atoms with Gasteiger partial charge in [0.1, 0.15) is 0 Å². The Labute approximate surface area is 292 Å². The molecule has 6 aromatic carbocycles. The van der Waals surface area contributed by atoms with Crippen molar-refractivity contribution in [3.63, 3.8) is 0 Å². The van der Waals surface area contributed by atoms with E-state index in [-0.39, 0.29) is 0 Å². The number of rotatable bonds is 8. The first-order valence-electron chi connectivity index (χ1n) is 16.8. The molecule has 2 aromatic heterocycles. The highest BCUT2D eigenvalue weighted by atomic mass is 15.0. The molecule has 4 heteroatoms. The largest absolute Gasteiger partial charge is 0.309 e. The van der Waals surface area contributed by atoms with Crippen molar-refractivity contribution in [2.24, 2.45) is 4.99 Å². The van der Waals surface area contributed by atoms with Crippen LogP contribution in [0, 0.1) is 0 Å². The standard InChI is InChI=1S/C46H34N4/c1-2-3-4-14-29-47-37-27-28-43-40(31-37)45-39(25-16-26-44(45)50(43)38-23-12-7-13-24-38)35-21-15-22-36(30-35)46-48-41(33-17-8-5-9-18-33)32-42(49-46)34-19-10-6-11-20-34/h2-32H,1H3/b3-2-,14-4-,47-29+. The summed E-state index contributed by atoms with van der Waals surface area (Å²) in [5.41, 5.74) is 11.4. The molecular weight excluding hydrogens is 609 g/mol.